The average Bonchev–Trinajstić information content (AvgIpc) is 3.18. The Kier molecular flexibility index (Phi) is 4.45. The fourth-order valence-electron chi connectivity index (χ4n) is 3.75. The first-order valence-electron chi connectivity index (χ1n) is 9.23. The average molecular weight is 352 g/mol. The Hall–Kier alpha value is -2.69. The van der Waals surface area contributed by atoms with Crippen molar-refractivity contribution >= 4 is 17.3 Å². The molecule has 2 aromatic carbocycles. The summed E-state index contributed by atoms with van der Waals surface area (Å²) in [6.07, 6.45) is 2.01. The van der Waals surface area contributed by atoms with Crippen molar-refractivity contribution in [2.45, 2.75) is 32.8 Å². The van der Waals surface area contributed by atoms with Gasteiger partial charge in [0.15, 0.2) is 0 Å². The molecule has 26 heavy (non-hydrogen) atoms. The van der Waals surface area contributed by atoms with Crippen molar-refractivity contribution in [3.63, 3.8) is 0 Å². The number of para-hydroxylation sites is 1. The highest BCUT2D eigenvalue weighted by Gasteiger charge is 2.24. The minimum Gasteiger partial charge on any atom is -0.492 e. The molecule has 0 saturated carbocycles. The van der Waals surface area contributed by atoms with Crippen LogP contribution < -0.4 is 19.7 Å². The fraction of sp³-hybridized carbons (Fsp3) is 0.381. The summed E-state index contributed by atoms with van der Waals surface area (Å²) in [6, 6.07) is 12.1. The highest BCUT2D eigenvalue weighted by atomic mass is 16.5. The smallest absolute Gasteiger partial charge is 0.243 e. The molecule has 136 valence electrons. The third kappa shape index (κ3) is 3.21. The molecule has 1 atom stereocenters. The van der Waals surface area contributed by atoms with Gasteiger partial charge in [-0.2, -0.15) is 0 Å². The Labute approximate surface area is 153 Å². The Morgan fingerprint density at radius 2 is 2.15 bits per heavy atom. The summed E-state index contributed by atoms with van der Waals surface area (Å²) in [4.78, 5) is 14.8. The maximum Gasteiger partial charge on any atom is 0.243 e. The van der Waals surface area contributed by atoms with Gasteiger partial charge in [-0.05, 0) is 38.0 Å². The van der Waals surface area contributed by atoms with Crippen LogP contribution in [0.1, 0.15) is 25.0 Å². The van der Waals surface area contributed by atoms with E-state index in [0.29, 0.717) is 24.6 Å². The van der Waals surface area contributed by atoms with Crippen LogP contribution in [0, 0.1) is 0 Å². The molecular formula is C21H24N2O3. The summed E-state index contributed by atoms with van der Waals surface area (Å²) >= 11 is 0. The van der Waals surface area contributed by atoms with Crippen LogP contribution >= 0.6 is 0 Å². The molecule has 1 N–H and O–H groups in total. The molecule has 2 aliphatic rings. The van der Waals surface area contributed by atoms with Crippen LogP contribution in [0.5, 0.6) is 11.5 Å². The molecule has 2 heterocycles. The molecule has 0 radical (unpaired) electrons. The largest absolute Gasteiger partial charge is 0.492 e. The summed E-state index contributed by atoms with van der Waals surface area (Å²) in [6.45, 7) is 5.74. The van der Waals surface area contributed by atoms with Crippen LogP contribution in [0.4, 0.5) is 11.4 Å². The SMILES string of the molecule is CCOc1cc2c(cc1NC(=O)CN1CCc3ccccc31)O[C@H](C)C2. The fourth-order valence-corrected chi connectivity index (χ4v) is 3.75. The third-order valence-electron chi connectivity index (χ3n) is 4.89. The molecule has 1 amide bonds. The number of nitrogens with one attached hydrogen (secondary N) is 1. The lowest BCUT2D eigenvalue weighted by Gasteiger charge is -2.20. The van der Waals surface area contributed by atoms with E-state index in [1.54, 1.807) is 0 Å². The third-order valence-corrected chi connectivity index (χ3v) is 4.89. The van der Waals surface area contributed by atoms with Crippen molar-refractivity contribution in [2.24, 2.45) is 0 Å². The second-order valence-electron chi connectivity index (χ2n) is 6.87. The zero-order valence-corrected chi connectivity index (χ0v) is 15.2. The summed E-state index contributed by atoms with van der Waals surface area (Å²) in [7, 11) is 0. The van der Waals surface area contributed by atoms with E-state index in [-0.39, 0.29) is 12.0 Å². The van der Waals surface area contributed by atoms with E-state index >= 15 is 0 Å². The van der Waals surface area contributed by atoms with E-state index in [0.717, 1.165) is 36.4 Å². The lowest BCUT2D eigenvalue weighted by atomic mass is 10.1. The van der Waals surface area contributed by atoms with Gasteiger partial charge in [-0.15, -0.1) is 0 Å². The van der Waals surface area contributed by atoms with Crippen molar-refractivity contribution in [3.05, 3.63) is 47.5 Å². The van der Waals surface area contributed by atoms with Gasteiger partial charge in [0.05, 0.1) is 18.8 Å². The number of carbonyl (C=O) groups is 1. The molecule has 0 aliphatic carbocycles. The Morgan fingerprint density at radius 1 is 1.31 bits per heavy atom. The van der Waals surface area contributed by atoms with Crippen LogP contribution in [0.25, 0.3) is 0 Å². The molecule has 2 aliphatic heterocycles. The van der Waals surface area contributed by atoms with Gasteiger partial charge in [0.25, 0.3) is 0 Å². The molecule has 4 rings (SSSR count). The Bertz CT molecular complexity index is 834. The molecule has 0 saturated heterocycles. The topological polar surface area (TPSA) is 50.8 Å². The normalized spacial score (nSPS) is 17.5. The lowest BCUT2D eigenvalue weighted by Crippen LogP contribution is -2.32. The number of hydrogen-bond donors (Lipinski definition) is 1. The first-order valence-corrected chi connectivity index (χ1v) is 9.23. The molecule has 0 aromatic heterocycles. The Morgan fingerprint density at radius 3 is 3.00 bits per heavy atom. The van der Waals surface area contributed by atoms with E-state index in [4.69, 9.17) is 9.47 Å². The standard InChI is InChI=1S/C21H24N2O3/c1-3-25-20-11-16-10-14(2)26-19(16)12-17(20)22-21(24)13-23-9-8-15-6-4-5-7-18(15)23/h4-7,11-12,14H,3,8-10,13H2,1-2H3,(H,22,24)/t14-/m1/s1. The Balaban J connectivity index is 1.50. The van der Waals surface area contributed by atoms with Crippen LogP contribution in [0.15, 0.2) is 36.4 Å². The van der Waals surface area contributed by atoms with Crippen LogP contribution in [0.3, 0.4) is 0 Å². The second kappa shape index (κ2) is 6.90. The molecular weight excluding hydrogens is 328 g/mol. The quantitative estimate of drug-likeness (QED) is 0.896. The first-order chi connectivity index (χ1) is 12.6. The summed E-state index contributed by atoms with van der Waals surface area (Å²) in [5, 5.41) is 3.01. The van der Waals surface area contributed by atoms with Gasteiger partial charge in [-0.25, -0.2) is 0 Å². The number of amides is 1. The van der Waals surface area contributed by atoms with Crippen molar-refractivity contribution in [3.8, 4) is 11.5 Å². The van der Waals surface area contributed by atoms with Gasteiger partial charge < -0.3 is 19.7 Å². The summed E-state index contributed by atoms with van der Waals surface area (Å²) in [5.74, 6) is 1.50. The van der Waals surface area contributed by atoms with E-state index in [1.807, 2.05) is 38.1 Å². The van der Waals surface area contributed by atoms with Gasteiger partial charge in [0.2, 0.25) is 5.91 Å². The number of hydrogen-bond acceptors (Lipinski definition) is 4. The van der Waals surface area contributed by atoms with E-state index < -0.39 is 0 Å². The number of fused-ring (bicyclic) bond motifs is 2. The molecule has 0 spiro atoms. The highest BCUT2D eigenvalue weighted by molar-refractivity contribution is 5.96. The number of anilines is 2. The number of rotatable bonds is 5. The van der Waals surface area contributed by atoms with Crippen LogP contribution in [-0.2, 0) is 17.6 Å². The van der Waals surface area contributed by atoms with Gasteiger partial charge >= 0.3 is 0 Å². The van der Waals surface area contributed by atoms with Gasteiger partial charge in [-0.1, -0.05) is 18.2 Å². The van der Waals surface area contributed by atoms with Crippen LogP contribution in [0.2, 0.25) is 0 Å². The van der Waals surface area contributed by atoms with E-state index in [9.17, 15) is 4.79 Å². The van der Waals surface area contributed by atoms with E-state index in [2.05, 4.69) is 22.3 Å². The maximum atomic E-state index is 12.7. The number of carbonyl (C=O) groups excluding carboxylic acids is 1. The van der Waals surface area contributed by atoms with Gasteiger partial charge in [0, 0.05) is 30.3 Å². The number of nitrogens with zero attached hydrogens (tertiary/aromatic N) is 1. The number of ether oxygens (including phenoxy) is 2. The lowest BCUT2D eigenvalue weighted by molar-refractivity contribution is -0.115. The summed E-state index contributed by atoms with van der Waals surface area (Å²) in [5.41, 5.74) is 4.26. The van der Waals surface area contributed by atoms with E-state index in [1.165, 1.54) is 5.56 Å². The predicted octanol–water partition coefficient (Wildman–Crippen LogP) is 3.41. The maximum absolute atomic E-state index is 12.7. The monoisotopic (exact) mass is 352 g/mol. The molecule has 5 heteroatoms. The molecule has 2 aromatic rings. The molecule has 0 unspecified atom stereocenters. The van der Waals surface area contributed by atoms with Gasteiger partial charge in [0.1, 0.15) is 17.6 Å². The first kappa shape index (κ1) is 16.8. The zero-order valence-electron chi connectivity index (χ0n) is 15.2. The van der Waals surface area contributed by atoms with Gasteiger partial charge in [-0.3, -0.25) is 4.79 Å². The number of benzene rings is 2. The van der Waals surface area contributed by atoms with Crippen molar-refractivity contribution in [2.75, 3.05) is 29.9 Å². The molecule has 0 fully saturated rings. The minimum absolute atomic E-state index is 0.0475. The zero-order chi connectivity index (χ0) is 18.1. The molecule has 5 nitrogen and oxygen atoms in total. The molecule has 0 bridgehead atoms. The highest BCUT2D eigenvalue weighted by Crippen LogP contribution is 2.38. The van der Waals surface area contributed by atoms with Crippen LogP contribution in [-0.4, -0.2) is 31.7 Å². The van der Waals surface area contributed by atoms with Crippen molar-refractivity contribution in [1.29, 1.82) is 0 Å². The second-order valence-corrected chi connectivity index (χ2v) is 6.87. The predicted molar refractivity (Wildman–Crippen MR) is 102 cm³/mol. The minimum atomic E-state index is -0.0475. The van der Waals surface area contributed by atoms with Crippen molar-refractivity contribution < 1.29 is 14.3 Å². The summed E-state index contributed by atoms with van der Waals surface area (Å²) < 4.78 is 11.6. The van der Waals surface area contributed by atoms with Crippen molar-refractivity contribution in [1.82, 2.24) is 0 Å².